The number of benzene rings is 3. The van der Waals surface area contributed by atoms with E-state index in [1.54, 1.807) is 55.6 Å². The molecule has 4 aromatic rings. The van der Waals surface area contributed by atoms with Crippen molar-refractivity contribution in [1.29, 1.82) is 0 Å². The zero-order chi connectivity index (χ0) is 28.6. The monoisotopic (exact) mass is 559 g/mol. The second-order valence-corrected chi connectivity index (χ2v) is 9.27. The first-order valence-corrected chi connectivity index (χ1v) is 13.2. The summed E-state index contributed by atoms with van der Waals surface area (Å²) in [7, 11) is 1.56. The molecule has 0 spiro atoms. The predicted octanol–water partition coefficient (Wildman–Crippen LogP) is 3.98. The number of morpholine rings is 1. The summed E-state index contributed by atoms with van der Waals surface area (Å²) in [6.07, 6.45) is 1.40. The van der Waals surface area contributed by atoms with Crippen LogP contribution in [-0.4, -0.2) is 67.1 Å². The molecule has 0 atom stereocenters. The van der Waals surface area contributed by atoms with E-state index in [1.165, 1.54) is 30.5 Å². The van der Waals surface area contributed by atoms with E-state index in [-0.39, 0.29) is 17.3 Å². The van der Waals surface area contributed by atoms with E-state index in [0.717, 1.165) is 24.3 Å². The zero-order valence-electron chi connectivity index (χ0n) is 22.5. The van der Waals surface area contributed by atoms with Gasteiger partial charge in [0.25, 0.3) is 11.5 Å². The lowest BCUT2D eigenvalue weighted by atomic mass is 10.2. The number of aromatic nitrogens is 2. The maximum atomic E-state index is 13.6. The van der Waals surface area contributed by atoms with Gasteiger partial charge in [0, 0.05) is 37.4 Å². The van der Waals surface area contributed by atoms with E-state index in [1.807, 2.05) is 0 Å². The van der Waals surface area contributed by atoms with Crippen LogP contribution in [0, 0.1) is 5.82 Å². The molecule has 1 aliphatic rings. The van der Waals surface area contributed by atoms with Crippen molar-refractivity contribution in [3.05, 3.63) is 101 Å². The first-order chi connectivity index (χ1) is 20.0. The summed E-state index contributed by atoms with van der Waals surface area (Å²) in [6, 6.07) is 19.1. The maximum Gasteiger partial charge on any atom is 0.299 e. The molecule has 0 unspecified atom stereocenters. The number of halogens is 1. The Morgan fingerprint density at radius 1 is 1.02 bits per heavy atom. The number of ether oxygens (including phenoxy) is 3. The fourth-order valence-electron chi connectivity index (χ4n) is 4.30. The Bertz CT molecular complexity index is 1540. The Morgan fingerprint density at radius 2 is 1.76 bits per heavy atom. The number of hydrogen-bond donors (Lipinski definition) is 2. The van der Waals surface area contributed by atoms with Crippen LogP contribution in [0.5, 0.6) is 17.2 Å². The maximum absolute atomic E-state index is 13.6. The highest BCUT2D eigenvalue weighted by atomic mass is 19.1. The Balaban J connectivity index is 1.39. The first-order valence-electron chi connectivity index (χ1n) is 13.2. The number of carbonyl (C=O) groups excluding carboxylic acids is 1. The fraction of sp³-hybridized carbons (Fsp3) is 0.233. The standard InChI is InChI=1S/C30H30FN5O5/c1-39-25-9-11-26(12-10-25)41-27-20-33-36(24-7-5-22(31)6-8-24)30(38)28(27)34-23-4-2-3-21(19-23)29(37)32-13-14-35-15-17-40-18-16-35/h2-12,19-20,34H,13-18H2,1H3,(H,32,37). The molecular formula is C30H30FN5O5. The van der Waals surface area contributed by atoms with Crippen molar-refractivity contribution in [2.45, 2.75) is 0 Å². The molecule has 10 nitrogen and oxygen atoms in total. The summed E-state index contributed by atoms with van der Waals surface area (Å²) in [5, 5.41) is 10.3. The van der Waals surface area contributed by atoms with Crippen LogP contribution >= 0.6 is 0 Å². The van der Waals surface area contributed by atoms with Crippen LogP contribution < -0.4 is 25.7 Å². The summed E-state index contributed by atoms with van der Waals surface area (Å²) in [4.78, 5) is 28.7. The number of nitrogens with one attached hydrogen (secondary N) is 2. The van der Waals surface area contributed by atoms with Gasteiger partial charge in [0.1, 0.15) is 17.3 Å². The summed E-state index contributed by atoms with van der Waals surface area (Å²) in [5.74, 6) is 0.622. The second kappa shape index (κ2) is 13.1. The van der Waals surface area contributed by atoms with Gasteiger partial charge in [0.2, 0.25) is 0 Å². The van der Waals surface area contributed by atoms with Crippen LogP contribution in [0.3, 0.4) is 0 Å². The molecule has 3 aromatic carbocycles. The van der Waals surface area contributed by atoms with Gasteiger partial charge in [0.05, 0.1) is 32.2 Å². The third-order valence-electron chi connectivity index (χ3n) is 6.51. The minimum atomic E-state index is -0.525. The molecule has 11 heteroatoms. The summed E-state index contributed by atoms with van der Waals surface area (Å²) in [5.41, 5.74) is 0.874. The normalized spacial score (nSPS) is 13.4. The van der Waals surface area contributed by atoms with E-state index in [0.29, 0.717) is 48.2 Å². The molecule has 2 heterocycles. The molecule has 0 saturated carbocycles. The summed E-state index contributed by atoms with van der Waals surface area (Å²) < 4.78 is 31.2. The number of amides is 1. The summed E-state index contributed by atoms with van der Waals surface area (Å²) >= 11 is 0. The Labute approximate surface area is 236 Å². The van der Waals surface area contributed by atoms with Crippen molar-refractivity contribution < 1.29 is 23.4 Å². The van der Waals surface area contributed by atoms with Gasteiger partial charge in [-0.3, -0.25) is 14.5 Å². The number of anilines is 2. The van der Waals surface area contributed by atoms with E-state index in [4.69, 9.17) is 14.2 Å². The molecule has 1 amide bonds. The Kier molecular flexibility index (Phi) is 8.87. The minimum Gasteiger partial charge on any atom is -0.497 e. The number of nitrogens with zero attached hydrogens (tertiary/aromatic N) is 3. The van der Waals surface area contributed by atoms with E-state index >= 15 is 0 Å². The molecule has 1 aromatic heterocycles. The minimum absolute atomic E-state index is 0.0880. The average Bonchev–Trinajstić information content (AvgIpc) is 3.00. The van der Waals surface area contributed by atoms with Crippen LogP contribution in [0.1, 0.15) is 10.4 Å². The van der Waals surface area contributed by atoms with Crippen molar-refractivity contribution >= 4 is 17.3 Å². The Morgan fingerprint density at radius 3 is 2.49 bits per heavy atom. The summed E-state index contributed by atoms with van der Waals surface area (Å²) in [6.45, 7) is 4.32. The predicted molar refractivity (Wildman–Crippen MR) is 152 cm³/mol. The Hall–Kier alpha value is -4.74. The van der Waals surface area contributed by atoms with Crippen LogP contribution in [0.15, 0.2) is 83.8 Å². The first kappa shape index (κ1) is 27.8. The SMILES string of the molecule is COc1ccc(Oc2cnn(-c3ccc(F)cc3)c(=O)c2Nc2cccc(C(=O)NCCN3CCOCC3)c2)cc1. The molecule has 1 fully saturated rings. The van der Waals surface area contributed by atoms with Crippen molar-refractivity contribution in [2.24, 2.45) is 0 Å². The third kappa shape index (κ3) is 7.07. The van der Waals surface area contributed by atoms with Gasteiger partial charge in [0.15, 0.2) is 11.4 Å². The highest BCUT2D eigenvalue weighted by Gasteiger charge is 2.17. The molecule has 2 N–H and O–H groups in total. The van der Waals surface area contributed by atoms with Gasteiger partial charge >= 0.3 is 0 Å². The van der Waals surface area contributed by atoms with E-state index in [2.05, 4.69) is 20.6 Å². The number of carbonyl (C=O) groups is 1. The lowest BCUT2D eigenvalue weighted by Gasteiger charge is -2.26. The second-order valence-electron chi connectivity index (χ2n) is 9.27. The number of methoxy groups -OCH3 is 1. The van der Waals surface area contributed by atoms with Crippen LogP contribution in [-0.2, 0) is 4.74 Å². The third-order valence-corrected chi connectivity index (χ3v) is 6.51. The molecule has 41 heavy (non-hydrogen) atoms. The molecule has 5 rings (SSSR count). The van der Waals surface area contributed by atoms with Crippen molar-refractivity contribution in [1.82, 2.24) is 20.0 Å². The largest absolute Gasteiger partial charge is 0.497 e. The van der Waals surface area contributed by atoms with Crippen molar-refractivity contribution in [2.75, 3.05) is 51.8 Å². The molecule has 0 bridgehead atoms. The lowest BCUT2D eigenvalue weighted by Crippen LogP contribution is -2.41. The molecule has 0 aliphatic carbocycles. The van der Waals surface area contributed by atoms with Gasteiger partial charge in [-0.25, -0.2) is 4.39 Å². The number of hydrogen-bond acceptors (Lipinski definition) is 8. The van der Waals surface area contributed by atoms with Crippen LogP contribution in [0.25, 0.3) is 5.69 Å². The van der Waals surface area contributed by atoms with Gasteiger partial charge in [-0.2, -0.15) is 9.78 Å². The smallest absolute Gasteiger partial charge is 0.299 e. The zero-order valence-corrected chi connectivity index (χ0v) is 22.5. The fourth-order valence-corrected chi connectivity index (χ4v) is 4.30. The van der Waals surface area contributed by atoms with Crippen molar-refractivity contribution in [3.8, 4) is 22.9 Å². The number of rotatable bonds is 10. The van der Waals surface area contributed by atoms with E-state index < -0.39 is 11.4 Å². The quantitative estimate of drug-likeness (QED) is 0.301. The van der Waals surface area contributed by atoms with Gasteiger partial charge < -0.3 is 24.8 Å². The lowest BCUT2D eigenvalue weighted by molar-refractivity contribution is 0.0383. The van der Waals surface area contributed by atoms with Gasteiger partial charge in [-0.1, -0.05) is 6.07 Å². The highest BCUT2D eigenvalue weighted by Crippen LogP contribution is 2.30. The molecule has 1 aliphatic heterocycles. The highest BCUT2D eigenvalue weighted by molar-refractivity contribution is 5.95. The van der Waals surface area contributed by atoms with Crippen LogP contribution in [0.4, 0.5) is 15.8 Å². The topological polar surface area (TPSA) is 107 Å². The molecule has 0 radical (unpaired) electrons. The average molecular weight is 560 g/mol. The molecule has 1 saturated heterocycles. The van der Waals surface area contributed by atoms with Gasteiger partial charge in [-0.15, -0.1) is 0 Å². The van der Waals surface area contributed by atoms with Crippen LogP contribution in [0.2, 0.25) is 0 Å². The van der Waals surface area contributed by atoms with Gasteiger partial charge in [-0.05, 0) is 66.7 Å². The molecule has 212 valence electrons. The van der Waals surface area contributed by atoms with E-state index in [9.17, 15) is 14.0 Å². The van der Waals surface area contributed by atoms with Crippen molar-refractivity contribution in [3.63, 3.8) is 0 Å². The molecular weight excluding hydrogens is 529 g/mol.